The Balaban J connectivity index is 1.73. The van der Waals surface area contributed by atoms with Crippen LogP contribution in [0.2, 0.25) is 0 Å². The molecule has 0 radical (unpaired) electrons. The normalized spacial score (nSPS) is 18.7. The molecule has 0 aromatic heterocycles. The lowest BCUT2D eigenvalue weighted by atomic mass is 9.99. The molecule has 2 aromatic carbocycles. The molecule has 160 valence electrons. The standard InChI is InChI=1S/C22H19F2N3O4/c23-16-5-1-3-14(11-16)7-9-25-13-18-26(22(30)31)10-8-19(28)27(18)20(21(25)29)15-4-2-6-17(24)12-15/h1-6,11-13,20H,7-10H2,(H,30,31)/t20-/m0/s1. The molecule has 3 amide bonds. The number of carbonyl (C=O) groups is 3. The maximum Gasteiger partial charge on any atom is 0.413 e. The topological polar surface area (TPSA) is 81.2 Å². The number of hydrogen-bond donors (Lipinski definition) is 1. The Morgan fingerprint density at radius 3 is 2.45 bits per heavy atom. The highest BCUT2D eigenvalue weighted by Gasteiger charge is 2.45. The third kappa shape index (κ3) is 3.98. The van der Waals surface area contributed by atoms with E-state index in [1.165, 1.54) is 41.4 Å². The Hall–Kier alpha value is -3.75. The Morgan fingerprint density at radius 2 is 1.77 bits per heavy atom. The average molecular weight is 427 g/mol. The third-order valence-electron chi connectivity index (χ3n) is 5.31. The predicted octanol–water partition coefficient (Wildman–Crippen LogP) is 3.10. The molecule has 0 unspecified atom stereocenters. The molecular formula is C22H19F2N3O4. The molecule has 2 heterocycles. The highest BCUT2D eigenvalue weighted by molar-refractivity contribution is 5.93. The van der Waals surface area contributed by atoms with Crippen LogP contribution in [-0.2, 0) is 16.0 Å². The van der Waals surface area contributed by atoms with Gasteiger partial charge in [-0.25, -0.2) is 13.6 Å². The number of hydrogen-bond acceptors (Lipinski definition) is 3. The lowest BCUT2D eigenvalue weighted by molar-refractivity contribution is -0.148. The second kappa shape index (κ2) is 8.17. The molecular weight excluding hydrogens is 408 g/mol. The molecule has 31 heavy (non-hydrogen) atoms. The molecule has 2 aliphatic heterocycles. The third-order valence-corrected chi connectivity index (χ3v) is 5.31. The first kappa shape index (κ1) is 20.5. The fraction of sp³-hybridized carbons (Fsp3) is 0.227. The Bertz CT molecular complexity index is 1090. The van der Waals surface area contributed by atoms with E-state index in [9.17, 15) is 28.3 Å². The van der Waals surface area contributed by atoms with Crippen molar-refractivity contribution in [1.82, 2.24) is 14.7 Å². The van der Waals surface area contributed by atoms with Crippen molar-refractivity contribution in [3.05, 3.63) is 83.3 Å². The molecule has 0 spiro atoms. The van der Waals surface area contributed by atoms with E-state index in [1.54, 1.807) is 12.1 Å². The van der Waals surface area contributed by atoms with Crippen LogP contribution in [0.3, 0.4) is 0 Å². The van der Waals surface area contributed by atoms with Crippen LogP contribution in [0.4, 0.5) is 13.6 Å². The molecule has 7 nitrogen and oxygen atoms in total. The number of fused-ring (bicyclic) bond motifs is 1. The summed E-state index contributed by atoms with van der Waals surface area (Å²) < 4.78 is 27.4. The van der Waals surface area contributed by atoms with Gasteiger partial charge >= 0.3 is 6.09 Å². The zero-order chi connectivity index (χ0) is 22.1. The van der Waals surface area contributed by atoms with Gasteiger partial charge in [-0.15, -0.1) is 0 Å². The van der Waals surface area contributed by atoms with E-state index in [0.29, 0.717) is 12.0 Å². The van der Waals surface area contributed by atoms with Crippen LogP contribution in [0.15, 0.2) is 60.6 Å². The second-order valence-corrected chi connectivity index (χ2v) is 7.30. The maximum atomic E-state index is 13.9. The molecule has 0 saturated carbocycles. The van der Waals surface area contributed by atoms with E-state index in [0.717, 1.165) is 15.9 Å². The monoisotopic (exact) mass is 427 g/mol. The number of halogens is 2. The van der Waals surface area contributed by atoms with Crippen LogP contribution in [0, 0.1) is 11.6 Å². The second-order valence-electron chi connectivity index (χ2n) is 7.30. The van der Waals surface area contributed by atoms with Gasteiger partial charge in [-0.2, -0.15) is 0 Å². The van der Waals surface area contributed by atoms with E-state index in [-0.39, 0.29) is 30.9 Å². The zero-order valence-corrected chi connectivity index (χ0v) is 16.4. The average Bonchev–Trinajstić information content (AvgIpc) is 2.72. The van der Waals surface area contributed by atoms with Gasteiger partial charge in [0.05, 0.1) is 0 Å². The largest absolute Gasteiger partial charge is 0.465 e. The number of nitrogens with zero attached hydrogens (tertiary/aromatic N) is 3. The van der Waals surface area contributed by atoms with Crippen LogP contribution in [0.25, 0.3) is 0 Å². The number of carboxylic acid groups (broad SMARTS) is 1. The lowest BCUT2D eigenvalue weighted by Gasteiger charge is -2.45. The van der Waals surface area contributed by atoms with Crippen LogP contribution in [-0.4, -0.2) is 50.8 Å². The fourth-order valence-corrected chi connectivity index (χ4v) is 3.86. The van der Waals surface area contributed by atoms with E-state index in [4.69, 9.17) is 0 Å². The van der Waals surface area contributed by atoms with E-state index < -0.39 is 35.6 Å². The highest BCUT2D eigenvalue weighted by Crippen LogP contribution is 2.36. The van der Waals surface area contributed by atoms with E-state index in [2.05, 4.69) is 0 Å². The number of amides is 3. The van der Waals surface area contributed by atoms with Gasteiger partial charge in [-0.3, -0.25) is 19.4 Å². The molecule has 9 heteroatoms. The first-order valence-electron chi connectivity index (χ1n) is 9.70. The van der Waals surface area contributed by atoms with Gasteiger partial charge in [0.25, 0.3) is 5.91 Å². The molecule has 1 N–H and O–H groups in total. The predicted molar refractivity (Wildman–Crippen MR) is 105 cm³/mol. The maximum absolute atomic E-state index is 13.9. The number of rotatable bonds is 4. The van der Waals surface area contributed by atoms with E-state index >= 15 is 0 Å². The van der Waals surface area contributed by atoms with Crippen LogP contribution in [0.5, 0.6) is 0 Å². The molecule has 2 aliphatic rings. The van der Waals surface area contributed by atoms with Crippen molar-refractivity contribution in [3.63, 3.8) is 0 Å². The molecule has 1 saturated heterocycles. The lowest BCUT2D eigenvalue weighted by Crippen LogP contribution is -2.56. The summed E-state index contributed by atoms with van der Waals surface area (Å²) in [5, 5.41) is 9.60. The van der Waals surface area contributed by atoms with Crippen LogP contribution >= 0.6 is 0 Å². The van der Waals surface area contributed by atoms with Crippen molar-refractivity contribution < 1.29 is 28.3 Å². The van der Waals surface area contributed by atoms with Crippen LogP contribution in [0.1, 0.15) is 23.6 Å². The van der Waals surface area contributed by atoms with Crippen molar-refractivity contribution >= 4 is 17.9 Å². The smallest absolute Gasteiger partial charge is 0.413 e. The first-order chi connectivity index (χ1) is 14.8. The highest BCUT2D eigenvalue weighted by atomic mass is 19.1. The van der Waals surface area contributed by atoms with Gasteiger partial charge in [0, 0.05) is 25.7 Å². The van der Waals surface area contributed by atoms with Crippen molar-refractivity contribution in [2.24, 2.45) is 0 Å². The molecule has 2 aromatic rings. The molecule has 1 fully saturated rings. The van der Waals surface area contributed by atoms with Crippen molar-refractivity contribution in [2.45, 2.75) is 18.9 Å². The Kier molecular flexibility index (Phi) is 5.41. The van der Waals surface area contributed by atoms with Gasteiger partial charge in [0.15, 0.2) is 0 Å². The quantitative estimate of drug-likeness (QED) is 0.813. The first-order valence-corrected chi connectivity index (χ1v) is 9.70. The van der Waals surface area contributed by atoms with Gasteiger partial charge in [-0.1, -0.05) is 24.3 Å². The summed E-state index contributed by atoms with van der Waals surface area (Å²) in [4.78, 5) is 41.2. The minimum atomic E-state index is -1.26. The number of benzene rings is 2. The summed E-state index contributed by atoms with van der Waals surface area (Å²) in [5.41, 5.74) is 0.901. The molecule has 0 aliphatic carbocycles. The van der Waals surface area contributed by atoms with Crippen molar-refractivity contribution in [1.29, 1.82) is 0 Å². The van der Waals surface area contributed by atoms with Gasteiger partial charge < -0.3 is 10.0 Å². The van der Waals surface area contributed by atoms with Gasteiger partial charge in [0.1, 0.15) is 23.5 Å². The Labute approximate surface area is 176 Å². The molecule has 1 atom stereocenters. The number of carbonyl (C=O) groups excluding carboxylic acids is 2. The molecule has 0 bridgehead atoms. The van der Waals surface area contributed by atoms with Gasteiger partial charge in [-0.05, 0) is 41.8 Å². The summed E-state index contributed by atoms with van der Waals surface area (Å²) in [6.45, 7) is 0.0887. The minimum Gasteiger partial charge on any atom is -0.465 e. The summed E-state index contributed by atoms with van der Waals surface area (Å²) in [6, 6.07) is 10.1. The fourth-order valence-electron chi connectivity index (χ4n) is 3.86. The van der Waals surface area contributed by atoms with Gasteiger partial charge in [0.2, 0.25) is 5.91 Å². The minimum absolute atomic E-state index is 0.0388. The summed E-state index contributed by atoms with van der Waals surface area (Å²) in [6.07, 6.45) is 0.278. The SMILES string of the molecule is O=C1[C@H](c2cccc(F)c2)N2C(=O)CCN(C(=O)O)C2=CN1CCc1cccc(F)c1. The summed E-state index contributed by atoms with van der Waals surface area (Å²) >= 11 is 0. The Morgan fingerprint density at radius 1 is 1.06 bits per heavy atom. The zero-order valence-electron chi connectivity index (χ0n) is 16.4. The molecule has 4 rings (SSSR count). The summed E-state index contributed by atoms with van der Waals surface area (Å²) in [7, 11) is 0. The summed E-state index contributed by atoms with van der Waals surface area (Å²) in [5.74, 6) is -1.86. The van der Waals surface area contributed by atoms with E-state index in [1.807, 2.05) is 0 Å². The van der Waals surface area contributed by atoms with Crippen molar-refractivity contribution in [3.8, 4) is 0 Å². The van der Waals surface area contributed by atoms with Crippen molar-refractivity contribution in [2.75, 3.05) is 13.1 Å². The van der Waals surface area contributed by atoms with Crippen LogP contribution < -0.4 is 0 Å².